The van der Waals surface area contributed by atoms with Gasteiger partial charge in [0.05, 0.1) is 11.6 Å². The minimum Gasteiger partial charge on any atom is -0.354 e. The largest absolute Gasteiger partial charge is 0.354 e. The molecule has 1 aromatic rings. The Labute approximate surface area is 123 Å². The number of hydrogen-bond acceptors (Lipinski definition) is 3. The molecule has 3 N–H and O–H groups in total. The quantitative estimate of drug-likeness (QED) is 0.771. The molecule has 21 heavy (non-hydrogen) atoms. The zero-order valence-corrected chi connectivity index (χ0v) is 11.9. The van der Waals surface area contributed by atoms with Gasteiger partial charge >= 0.3 is 6.03 Å². The minimum absolute atomic E-state index is 0.148. The van der Waals surface area contributed by atoms with Gasteiger partial charge in [0.15, 0.2) is 0 Å². The Morgan fingerprint density at radius 1 is 1.43 bits per heavy atom. The van der Waals surface area contributed by atoms with Gasteiger partial charge in [-0.3, -0.25) is 4.79 Å². The van der Waals surface area contributed by atoms with E-state index in [4.69, 9.17) is 5.26 Å². The third-order valence-corrected chi connectivity index (χ3v) is 3.46. The predicted octanol–water partition coefficient (Wildman–Crippen LogP) is 1.66. The molecule has 0 radical (unpaired) electrons. The second-order valence-electron chi connectivity index (χ2n) is 5.08. The lowest BCUT2D eigenvalue weighted by atomic mass is 10.1. The van der Waals surface area contributed by atoms with Gasteiger partial charge in [0, 0.05) is 12.2 Å². The normalized spacial score (nSPS) is 18.1. The lowest BCUT2D eigenvalue weighted by Gasteiger charge is -2.16. The van der Waals surface area contributed by atoms with Crippen molar-refractivity contribution in [1.82, 2.24) is 10.6 Å². The zero-order chi connectivity index (χ0) is 15.2. The molecule has 0 saturated carbocycles. The van der Waals surface area contributed by atoms with Gasteiger partial charge in [0.2, 0.25) is 5.91 Å². The molecule has 0 unspecified atom stereocenters. The zero-order valence-electron chi connectivity index (χ0n) is 11.9. The molecule has 1 saturated heterocycles. The maximum atomic E-state index is 12.0. The third kappa shape index (κ3) is 3.96. The number of nitriles is 1. The van der Waals surface area contributed by atoms with Crippen molar-refractivity contribution in [3.63, 3.8) is 0 Å². The molecule has 2 rings (SSSR count). The summed E-state index contributed by atoms with van der Waals surface area (Å²) in [5.41, 5.74) is 1.90. The number of carbonyl (C=O) groups excluding carboxylic acids is 2. The van der Waals surface area contributed by atoms with Crippen LogP contribution in [0, 0.1) is 18.3 Å². The van der Waals surface area contributed by atoms with Gasteiger partial charge in [-0.05, 0) is 43.9 Å². The van der Waals surface area contributed by atoms with Crippen LogP contribution in [0.15, 0.2) is 18.2 Å². The number of anilines is 1. The first-order valence-corrected chi connectivity index (χ1v) is 6.96. The molecule has 110 valence electrons. The van der Waals surface area contributed by atoms with Crippen molar-refractivity contribution in [3.05, 3.63) is 29.3 Å². The summed E-state index contributed by atoms with van der Waals surface area (Å²) in [7, 11) is 0. The highest BCUT2D eigenvalue weighted by Gasteiger charge is 2.22. The van der Waals surface area contributed by atoms with Crippen LogP contribution in [0.1, 0.15) is 30.4 Å². The Balaban J connectivity index is 2.01. The van der Waals surface area contributed by atoms with Crippen molar-refractivity contribution < 1.29 is 9.59 Å². The van der Waals surface area contributed by atoms with Crippen molar-refractivity contribution in [2.24, 2.45) is 0 Å². The van der Waals surface area contributed by atoms with Crippen molar-refractivity contribution >= 4 is 17.6 Å². The van der Waals surface area contributed by atoms with E-state index in [0.29, 0.717) is 24.2 Å². The Morgan fingerprint density at radius 3 is 3.00 bits per heavy atom. The standard InChI is InChI=1S/C15H18N4O2/c1-10-5-6-11(9-16)8-13(10)19-15(21)18-12-4-2-3-7-17-14(12)20/h5-6,8,12H,2-4,7H2,1H3,(H,17,20)(H2,18,19,21)/t12-/m1/s1. The fourth-order valence-electron chi connectivity index (χ4n) is 2.22. The second kappa shape index (κ2) is 6.75. The van der Waals surface area contributed by atoms with Crippen LogP contribution >= 0.6 is 0 Å². The molecule has 1 fully saturated rings. The highest BCUT2D eigenvalue weighted by molar-refractivity contribution is 5.94. The van der Waals surface area contributed by atoms with Crippen molar-refractivity contribution in [2.75, 3.05) is 11.9 Å². The summed E-state index contributed by atoms with van der Waals surface area (Å²) in [4.78, 5) is 23.8. The highest BCUT2D eigenvalue weighted by atomic mass is 16.2. The Morgan fingerprint density at radius 2 is 2.24 bits per heavy atom. The number of carbonyl (C=O) groups is 2. The summed E-state index contributed by atoms with van der Waals surface area (Å²) in [5.74, 6) is -0.148. The fraction of sp³-hybridized carbons (Fsp3) is 0.400. The number of aryl methyl sites for hydroxylation is 1. The molecule has 1 aliphatic heterocycles. The van der Waals surface area contributed by atoms with Gasteiger partial charge < -0.3 is 16.0 Å². The maximum absolute atomic E-state index is 12.0. The van der Waals surface area contributed by atoms with Crippen LogP contribution in [0.2, 0.25) is 0 Å². The molecule has 1 aliphatic rings. The van der Waals surface area contributed by atoms with Gasteiger partial charge in [0.1, 0.15) is 6.04 Å². The van der Waals surface area contributed by atoms with Crippen LogP contribution in [0.4, 0.5) is 10.5 Å². The number of nitrogens with one attached hydrogen (secondary N) is 3. The fourth-order valence-corrected chi connectivity index (χ4v) is 2.22. The summed E-state index contributed by atoms with van der Waals surface area (Å²) in [6.07, 6.45) is 2.46. The topological polar surface area (TPSA) is 94.0 Å². The van der Waals surface area contributed by atoms with E-state index in [1.807, 2.05) is 13.0 Å². The summed E-state index contributed by atoms with van der Waals surface area (Å²) in [6, 6.07) is 6.16. The molecule has 1 aromatic carbocycles. The van der Waals surface area contributed by atoms with Crippen LogP contribution in [-0.4, -0.2) is 24.5 Å². The van der Waals surface area contributed by atoms with Crippen LogP contribution in [0.25, 0.3) is 0 Å². The number of nitrogens with zero attached hydrogens (tertiary/aromatic N) is 1. The predicted molar refractivity (Wildman–Crippen MR) is 78.7 cm³/mol. The molecule has 6 heteroatoms. The molecule has 1 heterocycles. The molecular formula is C15H18N4O2. The molecule has 0 bridgehead atoms. The summed E-state index contributed by atoms with van der Waals surface area (Å²) in [5, 5.41) is 17.0. The number of urea groups is 1. The molecule has 0 aromatic heterocycles. The monoisotopic (exact) mass is 286 g/mol. The molecule has 3 amide bonds. The van der Waals surface area contributed by atoms with E-state index < -0.39 is 12.1 Å². The van der Waals surface area contributed by atoms with E-state index in [-0.39, 0.29) is 5.91 Å². The van der Waals surface area contributed by atoms with Gasteiger partial charge in [0.25, 0.3) is 0 Å². The maximum Gasteiger partial charge on any atom is 0.319 e. The van der Waals surface area contributed by atoms with Gasteiger partial charge in [-0.15, -0.1) is 0 Å². The van der Waals surface area contributed by atoms with Crippen molar-refractivity contribution in [3.8, 4) is 6.07 Å². The number of benzene rings is 1. The van der Waals surface area contributed by atoms with Gasteiger partial charge in [-0.1, -0.05) is 6.07 Å². The first-order chi connectivity index (χ1) is 10.1. The van der Waals surface area contributed by atoms with E-state index in [1.54, 1.807) is 18.2 Å². The van der Waals surface area contributed by atoms with E-state index >= 15 is 0 Å². The summed E-state index contributed by atoms with van der Waals surface area (Å²) < 4.78 is 0. The molecule has 0 aliphatic carbocycles. The van der Waals surface area contributed by atoms with Crippen molar-refractivity contribution in [2.45, 2.75) is 32.2 Å². The Hall–Kier alpha value is -2.55. The minimum atomic E-state index is -0.507. The van der Waals surface area contributed by atoms with E-state index in [1.165, 1.54) is 0 Å². The summed E-state index contributed by atoms with van der Waals surface area (Å²) >= 11 is 0. The molecule has 6 nitrogen and oxygen atoms in total. The van der Waals surface area contributed by atoms with Crippen LogP contribution < -0.4 is 16.0 Å². The molecular weight excluding hydrogens is 268 g/mol. The number of hydrogen-bond donors (Lipinski definition) is 3. The number of amides is 3. The third-order valence-electron chi connectivity index (χ3n) is 3.46. The lowest BCUT2D eigenvalue weighted by Crippen LogP contribution is -2.47. The van der Waals surface area contributed by atoms with Crippen LogP contribution in [-0.2, 0) is 4.79 Å². The molecule has 1 atom stereocenters. The van der Waals surface area contributed by atoms with E-state index in [9.17, 15) is 9.59 Å². The smallest absolute Gasteiger partial charge is 0.319 e. The highest BCUT2D eigenvalue weighted by Crippen LogP contribution is 2.16. The Bertz CT molecular complexity index is 592. The second-order valence-corrected chi connectivity index (χ2v) is 5.08. The number of rotatable bonds is 2. The van der Waals surface area contributed by atoms with Gasteiger partial charge in [-0.25, -0.2) is 4.79 Å². The first-order valence-electron chi connectivity index (χ1n) is 6.96. The Kier molecular flexibility index (Phi) is 4.77. The van der Waals surface area contributed by atoms with E-state index in [2.05, 4.69) is 16.0 Å². The van der Waals surface area contributed by atoms with Crippen LogP contribution in [0.5, 0.6) is 0 Å². The van der Waals surface area contributed by atoms with E-state index in [0.717, 1.165) is 18.4 Å². The average Bonchev–Trinajstić information content (AvgIpc) is 2.66. The molecule has 0 spiro atoms. The SMILES string of the molecule is Cc1ccc(C#N)cc1NC(=O)N[C@@H]1CCCCNC1=O. The van der Waals surface area contributed by atoms with Gasteiger partial charge in [-0.2, -0.15) is 5.26 Å². The first kappa shape index (κ1) is 14.9. The average molecular weight is 286 g/mol. The van der Waals surface area contributed by atoms with Crippen LogP contribution in [0.3, 0.4) is 0 Å². The van der Waals surface area contributed by atoms with Crippen molar-refractivity contribution in [1.29, 1.82) is 5.26 Å². The lowest BCUT2D eigenvalue weighted by molar-refractivity contribution is -0.122. The summed E-state index contributed by atoms with van der Waals surface area (Å²) in [6.45, 7) is 2.50.